The van der Waals surface area contributed by atoms with E-state index in [0.29, 0.717) is 29.6 Å². The van der Waals surface area contributed by atoms with Gasteiger partial charge in [-0.2, -0.15) is 8.42 Å². The smallest absolute Gasteiger partial charge is 0.267 e. The zero-order valence-electron chi connectivity index (χ0n) is 14.6. The minimum atomic E-state index is -3.86. The lowest BCUT2D eigenvalue weighted by Gasteiger charge is -2.60. The second kappa shape index (κ2) is 5.20. The molecule has 0 aliphatic heterocycles. The maximum atomic E-state index is 11.6. The molecule has 4 aliphatic rings. The predicted octanol–water partition coefficient (Wildman–Crippen LogP) is 4.68. The van der Waals surface area contributed by atoms with Crippen LogP contribution < -0.4 is 0 Å². The zero-order valence-corrected chi connectivity index (χ0v) is 15.4. The topological polar surface area (TPSA) is 54.4 Å². The molecule has 4 fully saturated rings. The van der Waals surface area contributed by atoms with Gasteiger partial charge in [-0.3, -0.25) is 4.55 Å². The number of hydrogen-bond donors (Lipinski definition) is 1. The van der Waals surface area contributed by atoms with Crippen LogP contribution in [0, 0.1) is 34.5 Å². The lowest BCUT2D eigenvalue weighted by atomic mass is 9.45. The highest BCUT2D eigenvalue weighted by Crippen LogP contribution is 2.66. The van der Waals surface area contributed by atoms with Crippen molar-refractivity contribution in [2.24, 2.45) is 34.5 Å². The van der Waals surface area contributed by atoms with Gasteiger partial charge in [-0.1, -0.05) is 20.3 Å². The fourth-order valence-corrected chi connectivity index (χ4v) is 8.37. The Morgan fingerprint density at radius 3 is 2.43 bits per heavy atom. The summed E-state index contributed by atoms with van der Waals surface area (Å²) in [5, 5.41) is -0.502. The molecule has 2 unspecified atom stereocenters. The summed E-state index contributed by atoms with van der Waals surface area (Å²) in [6.45, 7) is 4.98. The van der Waals surface area contributed by atoms with Crippen molar-refractivity contribution in [3.05, 3.63) is 0 Å². The van der Waals surface area contributed by atoms with E-state index < -0.39 is 15.4 Å². The van der Waals surface area contributed by atoms with E-state index in [1.165, 1.54) is 44.9 Å². The molecule has 3 nitrogen and oxygen atoms in total. The molecule has 4 saturated carbocycles. The van der Waals surface area contributed by atoms with E-state index >= 15 is 0 Å². The van der Waals surface area contributed by atoms with Gasteiger partial charge in [0.2, 0.25) is 0 Å². The average Bonchev–Trinajstić information content (AvgIpc) is 2.87. The van der Waals surface area contributed by atoms with Crippen molar-refractivity contribution in [1.82, 2.24) is 0 Å². The lowest BCUT2D eigenvalue weighted by molar-refractivity contribution is -0.102. The van der Waals surface area contributed by atoms with Crippen molar-refractivity contribution in [1.29, 1.82) is 0 Å². The Bertz CT molecular complexity index is 585. The van der Waals surface area contributed by atoms with E-state index in [4.69, 9.17) is 0 Å². The predicted molar refractivity (Wildman–Crippen MR) is 91.7 cm³/mol. The molecule has 4 heteroatoms. The van der Waals surface area contributed by atoms with E-state index in [9.17, 15) is 13.0 Å². The quantitative estimate of drug-likeness (QED) is 0.705. The van der Waals surface area contributed by atoms with Gasteiger partial charge in [0.15, 0.2) is 0 Å². The molecule has 0 aromatic rings. The van der Waals surface area contributed by atoms with Crippen LogP contribution in [-0.4, -0.2) is 18.2 Å². The molecular formula is C19H32O3S. The molecule has 0 aromatic carbocycles. The summed E-state index contributed by atoms with van der Waals surface area (Å²) in [7, 11) is -3.86. The van der Waals surface area contributed by atoms with Crippen molar-refractivity contribution in [2.75, 3.05) is 0 Å². The first-order chi connectivity index (χ1) is 10.7. The van der Waals surface area contributed by atoms with Crippen LogP contribution in [0.4, 0.5) is 0 Å². The first kappa shape index (κ1) is 16.4. The number of rotatable bonds is 1. The molecule has 0 amide bonds. The molecule has 0 heterocycles. The highest BCUT2D eigenvalue weighted by Gasteiger charge is 2.58. The fourth-order valence-electron chi connectivity index (χ4n) is 7.48. The van der Waals surface area contributed by atoms with Crippen LogP contribution in [0.15, 0.2) is 0 Å². The number of hydrogen-bond acceptors (Lipinski definition) is 2. The summed E-state index contributed by atoms with van der Waals surface area (Å²) in [5.41, 5.74) is 0.907. The van der Waals surface area contributed by atoms with Crippen LogP contribution in [0.3, 0.4) is 0 Å². The molecule has 23 heavy (non-hydrogen) atoms. The van der Waals surface area contributed by atoms with Gasteiger partial charge in [0.05, 0.1) is 5.25 Å². The highest BCUT2D eigenvalue weighted by molar-refractivity contribution is 7.86. The Hall–Kier alpha value is -0.0900. The maximum Gasteiger partial charge on any atom is 0.267 e. The molecule has 4 rings (SSSR count). The molecule has 132 valence electrons. The van der Waals surface area contributed by atoms with Gasteiger partial charge in [0.1, 0.15) is 0 Å². The minimum absolute atomic E-state index is 0.314. The molecule has 7 atom stereocenters. The Labute approximate surface area is 141 Å². The largest absolute Gasteiger partial charge is 0.285 e. The van der Waals surface area contributed by atoms with Gasteiger partial charge in [-0.15, -0.1) is 0 Å². The van der Waals surface area contributed by atoms with Crippen LogP contribution in [0.2, 0.25) is 0 Å². The molecule has 0 aromatic heterocycles. The molecule has 1 N–H and O–H groups in total. The van der Waals surface area contributed by atoms with Crippen LogP contribution in [0.25, 0.3) is 0 Å². The van der Waals surface area contributed by atoms with Gasteiger partial charge >= 0.3 is 0 Å². The second-order valence-electron chi connectivity index (χ2n) is 9.65. The Morgan fingerprint density at radius 2 is 1.70 bits per heavy atom. The number of fused-ring (bicyclic) bond motifs is 5. The van der Waals surface area contributed by atoms with Gasteiger partial charge in [0, 0.05) is 0 Å². The van der Waals surface area contributed by atoms with Crippen molar-refractivity contribution in [3.8, 4) is 0 Å². The third-order valence-electron chi connectivity index (χ3n) is 8.82. The van der Waals surface area contributed by atoms with Crippen LogP contribution >= 0.6 is 0 Å². The van der Waals surface area contributed by atoms with E-state index in [1.807, 2.05) is 0 Å². The summed E-state index contributed by atoms with van der Waals surface area (Å²) in [5.74, 6) is 3.08. The summed E-state index contributed by atoms with van der Waals surface area (Å²) >= 11 is 0. The Morgan fingerprint density at radius 1 is 0.913 bits per heavy atom. The van der Waals surface area contributed by atoms with Gasteiger partial charge in [-0.05, 0) is 92.3 Å². The summed E-state index contributed by atoms with van der Waals surface area (Å²) < 4.78 is 32.7. The van der Waals surface area contributed by atoms with E-state index in [-0.39, 0.29) is 0 Å². The molecule has 0 spiro atoms. The van der Waals surface area contributed by atoms with Crippen molar-refractivity contribution >= 4 is 10.1 Å². The van der Waals surface area contributed by atoms with Crippen LogP contribution in [-0.2, 0) is 10.1 Å². The molecule has 4 aliphatic carbocycles. The van der Waals surface area contributed by atoms with Crippen molar-refractivity contribution in [2.45, 2.75) is 83.3 Å². The third kappa shape index (κ3) is 2.42. The summed E-state index contributed by atoms with van der Waals surface area (Å²) in [4.78, 5) is 0. The monoisotopic (exact) mass is 340 g/mol. The SMILES string of the molecule is C[C@@]12CCC[C@H]1[C@@H]1CCC3CC(S(=O)(=O)O)CC[C@]3(C)[C@H]1CC2. The van der Waals surface area contributed by atoms with Gasteiger partial charge in [0.25, 0.3) is 10.1 Å². The van der Waals surface area contributed by atoms with Crippen molar-refractivity contribution in [3.63, 3.8) is 0 Å². The Kier molecular flexibility index (Phi) is 3.71. The summed E-state index contributed by atoms with van der Waals surface area (Å²) in [6.07, 6.45) is 11.8. The molecule has 0 radical (unpaired) electrons. The van der Waals surface area contributed by atoms with Gasteiger partial charge in [-0.25, -0.2) is 0 Å². The van der Waals surface area contributed by atoms with Crippen molar-refractivity contribution < 1.29 is 13.0 Å². The molecular weight excluding hydrogens is 308 g/mol. The minimum Gasteiger partial charge on any atom is -0.285 e. The first-order valence-electron chi connectivity index (χ1n) is 9.70. The van der Waals surface area contributed by atoms with E-state index in [1.54, 1.807) is 0 Å². The third-order valence-corrected chi connectivity index (χ3v) is 10.1. The second-order valence-corrected chi connectivity index (χ2v) is 11.3. The molecule has 0 bridgehead atoms. The van der Waals surface area contributed by atoms with Gasteiger partial charge < -0.3 is 0 Å². The van der Waals surface area contributed by atoms with E-state index in [2.05, 4.69) is 13.8 Å². The van der Waals surface area contributed by atoms with E-state index in [0.717, 1.165) is 24.2 Å². The first-order valence-corrected chi connectivity index (χ1v) is 11.2. The zero-order chi connectivity index (χ0) is 16.5. The fraction of sp³-hybridized carbons (Fsp3) is 1.00. The lowest BCUT2D eigenvalue weighted by Crippen LogP contribution is -2.53. The Balaban J connectivity index is 1.59. The molecule has 0 saturated heterocycles. The average molecular weight is 341 g/mol. The standard InChI is InChI=1S/C19H32O3S/c1-18-9-3-4-16(18)15-6-5-13-12-14(23(20,21)22)7-11-19(13,2)17(15)8-10-18/h13-17H,3-12H2,1-2H3,(H,20,21,22)/t13?,14?,15-,16-,17-,18-,19-/m0/s1. The normalized spacial score (nSPS) is 53.3. The van der Waals surface area contributed by atoms with Crippen LogP contribution in [0.1, 0.15) is 78.1 Å². The summed E-state index contributed by atoms with van der Waals surface area (Å²) in [6, 6.07) is 0. The highest BCUT2D eigenvalue weighted by atomic mass is 32.2. The van der Waals surface area contributed by atoms with Crippen LogP contribution in [0.5, 0.6) is 0 Å². The maximum absolute atomic E-state index is 11.6.